The van der Waals surface area contributed by atoms with E-state index >= 15 is 0 Å². The molecular weight excluding hydrogens is 300 g/mol. The lowest BCUT2D eigenvalue weighted by molar-refractivity contribution is 0.475. The lowest BCUT2D eigenvalue weighted by Crippen LogP contribution is -1.95. The normalized spacial score (nSPS) is 10.9. The second-order valence-electron chi connectivity index (χ2n) is 5.65. The number of rotatable bonds is 3. The van der Waals surface area contributed by atoms with Crippen LogP contribution in [0.15, 0.2) is 66.9 Å². The lowest BCUT2D eigenvalue weighted by atomic mass is 10.1. The molecule has 0 fully saturated rings. The van der Waals surface area contributed by atoms with Gasteiger partial charge in [0, 0.05) is 17.4 Å². The summed E-state index contributed by atoms with van der Waals surface area (Å²) in [5, 5.41) is 17.4. The third kappa shape index (κ3) is 2.67. The maximum absolute atomic E-state index is 9.64. The number of benzene rings is 2. The quantitative estimate of drug-likeness (QED) is 0.596. The molecule has 2 aromatic heterocycles. The van der Waals surface area contributed by atoms with Gasteiger partial charge in [0.05, 0.1) is 0 Å². The summed E-state index contributed by atoms with van der Waals surface area (Å²) < 4.78 is 1.74. The van der Waals surface area contributed by atoms with Gasteiger partial charge in [-0.25, -0.2) is 4.52 Å². The van der Waals surface area contributed by atoms with Crippen LogP contribution in [0.4, 0.5) is 11.6 Å². The summed E-state index contributed by atoms with van der Waals surface area (Å²) >= 11 is 0. The van der Waals surface area contributed by atoms with Crippen molar-refractivity contribution in [1.29, 1.82) is 0 Å². The summed E-state index contributed by atoms with van der Waals surface area (Å²) in [5.74, 6) is 0.797. The van der Waals surface area contributed by atoms with E-state index in [1.165, 1.54) is 0 Å². The number of nitrogens with zero attached hydrogens (tertiary/aromatic N) is 3. The predicted octanol–water partition coefficient (Wildman–Crippen LogP) is 4.15. The van der Waals surface area contributed by atoms with Crippen molar-refractivity contribution < 1.29 is 5.11 Å². The third-order valence-corrected chi connectivity index (χ3v) is 3.90. The summed E-state index contributed by atoms with van der Waals surface area (Å²) in [5.41, 5.74) is 4.78. The minimum absolute atomic E-state index is 0.244. The van der Waals surface area contributed by atoms with Crippen LogP contribution in [0.1, 0.15) is 5.56 Å². The summed E-state index contributed by atoms with van der Waals surface area (Å²) in [6.45, 7) is 2.04. The molecular formula is C19H16N4O. The van der Waals surface area contributed by atoms with Gasteiger partial charge in [0.25, 0.3) is 0 Å². The zero-order valence-corrected chi connectivity index (χ0v) is 13.1. The molecule has 0 aliphatic heterocycles. The van der Waals surface area contributed by atoms with Gasteiger partial charge in [-0.3, -0.25) is 0 Å². The van der Waals surface area contributed by atoms with Gasteiger partial charge >= 0.3 is 0 Å². The Balaban J connectivity index is 1.70. The van der Waals surface area contributed by atoms with E-state index in [0.717, 1.165) is 28.0 Å². The van der Waals surface area contributed by atoms with Crippen LogP contribution in [-0.2, 0) is 0 Å². The standard InChI is InChI=1S/C19H16N4O/c1-13-5-2-3-8-17(13)20-19-21-18-10-9-15(12-23(18)22-19)14-6-4-7-16(24)11-14/h2-12,24H,1H3,(H,20,22). The highest BCUT2D eigenvalue weighted by Gasteiger charge is 2.07. The predicted molar refractivity (Wildman–Crippen MR) is 94.5 cm³/mol. The maximum Gasteiger partial charge on any atom is 0.247 e. The van der Waals surface area contributed by atoms with Gasteiger partial charge in [-0.2, -0.15) is 4.98 Å². The van der Waals surface area contributed by atoms with Crippen molar-refractivity contribution >= 4 is 17.3 Å². The van der Waals surface area contributed by atoms with Gasteiger partial charge in [0.1, 0.15) is 5.75 Å². The molecule has 0 saturated heterocycles. The molecule has 0 bridgehead atoms. The number of aromatic hydroxyl groups is 1. The number of phenols is 1. The molecule has 0 unspecified atom stereocenters. The number of para-hydroxylation sites is 1. The fraction of sp³-hybridized carbons (Fsp3) is 0.0526. The highest BCUT2D eigenvalue weighted by molar-refractivity contribution is 5.66. The van der Waals surface area contributed by atoms with Crippen molar-refractivity contribution in [2.45, 2.75) is 6.92 Å². The van der Waals surface area contributed by atoms with Crippen LogP contribution < -0.4 is 5.32 Å². The first kappa shape index (κ1) is 14.3. The van der Waals surface area contributed by atoms with Crippen LogP contribution in [0.5, 0.6) is 5.75 Å². The Morgan fingerprint density at radius 3 is 2.67 bits per heavy atom. The van der Waals surface area contributed by atoms with Crippen molar-refractivity contribution in [2.75, 3.05) is 5.32 Å². The van der Waals surface area contributed by atoms with Crippen molar-refractivity contribution in [3.63, 3.8) is 0 Å². The number of fused-ring (bicyclic) bond motifs is 1. The monoisotopic (exact) mass is 316 g/mol. The highest BCUT2D eigenvalue weighted by atomic mass is 16.3. The zero-order valence-electron chi connectivity index (χ0n) is 13.1. The number of aryl methyl sites for hydroxylation is 1. The second-order valence-corrected chi connectivity index (χ2v) is 5.65. The molecule has 118 valence electrons. The van der Waals surface area contributed by atoms with E-state index in [2.05, 4.69) is 15.4 Å². The number of hydrogen-bond donors (Lipinski definition) is 2. The fourth-order valence-corrected chi connectivity index (χ4v) is 2.63. The largest absolute Gasteiger partial charge is 0.508 e. The first-order valence-electron chi connectivity index (χ1n) is 7.67. The molecule has 2 N–H and O–H groups in total. The molecule has 0 spiro atoms. The third-order valence-electron chi connectivity index (χ3n) is 3.90. The van der Waals surface area contributed by atoms with E-state index in [1.807, 2.05) is 61.7 Å². The van der Waals surface area contributed by atoms with Crippen LogP contribution in [0, 0.1) is 6.92 Å². The maximum atomic E-state index is 9.64. The van der Waals surface area contributed by atoms with Gasteiger partial charge in [-0.05, 0) is 48.4 Å². The van der Waals surface area contributed by atoms with E-state index in [0.29, 0.717) is 5.95 Å². The number of nitrogens with one attached hydrogen (secondary N) is 1. The molecule has 5 nitrogen and oxygen atoms in total. The molecule has 4 aromatic rings. The molecule has 0 atom stereocenters. The Morgan fingerprint density at radius 2 is 1.83 bits per heavy atom. The van der Waals surface area contributed by atoms with Crippen LogP contribution in [-0.4, -0.2) is 19.7 Å². The molecule has 0 aliphatic carbocycles. The Labute approximate surface area is 139 Å². The first-order valence-corrected chi connectivity index (χ1v) is 7.67. The molecule has 2 aromatic carbocycles. The lowest BCUT2D eigenvalue weighted by Gasteiger charge is -2.04. The van der Waals surface area contributed by atoms with Gasteiger partial charge in [-0.1, -0.05) is 30.3 Å². The van der Waals surface area contributed by atoms with Gasteiger partial charge < -0.3 is 10.4 Å². The summed E-state index contributed by atoms with van der Waals surface area (Å²) in [7, 11) is 0. The number of phenolic OH excluding ortho intramolecular Hbond substituents is 1. The molecule has 0 amide bonds. The zero-order chi connectivity index (χ0) is 16.5. The van der Waals surface area contributed by atoms with E-state index < -0.39 is 0 Å². The fourth-order valence-electron chi connectivity index (χ4n) is 2.63. The van der Waals surface area contributed by atoms with Gasteiger partial charge in [0.2, 0.25) is 5.95 Å². The van der Waals surface area contributed by atoms with Crippen LogP contribution in [0.2, 0.25) is 0 Å². The Kier molecular flexibility index (Phi) is 3.39. The second kappa shape index (κ2) is 5.70. The minimum Gasteiger partial charge on any atom is -0.508 e. The highest BCUT2D eigenvalue weighted by Crippen LogP contribution is 2.24. The van der Waals surface area contributed by atoms with Crippen molar-refractivity contribution in [3.05, 3.63) is 72.4 Å². The number of aromatic nitrogens is 3. The van der Waals surface area contributed by atoms with Crippen molar-refractivity contribution in [3.8, 4) is 16.9 Å². The van der Waals surface area contributed by atoms with Crippen LogP contribution in [0.25, 0.3) is 16.8 Å². The number of anilines is 2. The SMILES string of the molecule is Cc1ccccc1Nc1nc2ccc(-c3cccc(O)c3)cn2n1. The van der Waals surface area contributed by atoms with Crippen molar-refractivity contribution in [1.82, 2.24) is 14.6 Å². The Bertz CT molecular complexity index is 1020. The average molecular weight is 316 g/mol. The van der Waals surface area contributed by atoms with E-state index in [4.69, 9.17) is 0 Å². The first-order chi connectivity index (χ1) is 11.7. The summed E-state index contributed by atoms with van der Waals surface area (Å²) in [4.78, 5) is 4.49. The molecule has 2 heterocycles. The number of hydrogen-bond acceptors (Lipinski definition) is 4. The average Bonchev–Trinajstić information content (AvgIpc) is 2.98. The van der Waals surface area contributed by atoms with E-state index in [9.17, 15) is 5.11 Å². The smallest absolute Gasteiger partial charge is 0.247 e. The van der Waals surface area contributed by atoms with Crippen LogP contribution in [0.3, 0.4) is 0 Å². The Morgan fingerprint density at radius 1 is 0.958 bits per heavy atom. The summed E-state index contributed by atoms with van der Waals surface area (Å²) in [6, 6.07) is 19.0. The van der Waals surface area contributed by atoms with E-state index in [1.54, 1.807) is 16.6 Å². The molecule has 0 radical (unpaired) electrons. The Hall–Kier alpha value is -3.34. The van der Waals surface area contributed by atoms with Crippen LogP contribution >= 0.6 is 0 Å². The van der Waals surface area contributed by atoms with Gasteiger partial charge in [0.15, 0.2) is 5.65 Å². The molecule has 0 saturated carbocycles. The molecule has 24 heavy (non-hydrogen) atoms. The summed E-state index contributed by atoms with van der Waals surface area (Å²) in [6.07, 6.45) is 1.90. The van der Waals surface area contributed by atoms with Gasteiger partial charge in [-0.15, -0.1) is 5.10 Å². The molecule has 0 aliphatic rings. The van der Waals surface area contributed by atoms with E-state index in [-0.39, 0.29) is 5.75 Å². The molecule has 4 rings (SSSR count). The molecule has 5 heteroatoms. The van der Waals surface area contributed by atoms with Crippen molar-refractivity contribution in [2.24, 2.45) is 0 Å². The number of pyridine rings is 1. The topological polar surface area (TPSA) is 62.5 Å². The minimum atomic E-state index is 0.244.